The summed E-state index contributed by atoms with van der Waals surface area (Å²) in [6.45, 7) is 3.46. The molecule has 4 rings (SSSR count). The van der Waals surface area contributed by atoms with Crippen LogP contribution >= 0.6 is 35.4 Å². The number of hydrogen-bond donors (Lipinski definition) is 1. The van der Waals surface area contributed by atoms with E-state index in [9.17, 15) is 0 Å². The third-order valence-corrected chi connectivity index (χ3v) is 5.98. The molecule has 0 spiro atoms. The first kappa shape index (κ1) is 17.4. The lowest BCUT2D eigenvalue weighted by molar-refractivity contribution is 0.382. The van der Waals surface area contributed by atoms with Gasteiger partial charge in [-0.05, 0) is 35.9 Å². The first-order valence-corrected chi connectivity index (χ1v) is 9.81. The van der Waals surface area contributed by atoms with Crippen LogP contribution in [0.25, 0.3) is 21.5 Å². The molecule has 0 saturated carbocycles. The van der Waals surface area contributed by atoms with Gasteiger partial charge in [0.05, 0.1) is 0 Å². The first-order valence-electron chi connectivity index (χ1n) is 8.25. The van der Waals surface area contributed by atoms with Crippen LogP contribution < -0.4 is 10.2 Å². The molecular formula is C17H17ClN6S2. The van der Waals surface area contributed by atoms with E-state index in [4.69, 9.17) is 23.8 Å². The van der Waals surface area contributed by atoms with Gasteiger partial charge in [-0.25, -0.2) is 9.97 Å². The normalized spacial score (nSPS) is 14.7. The molecular weight excluding hydrogens is 388 g/mol. The van der Waals surface area contributed by atoms with Gasteiger partial charge >= 0.3 is 0 Å². The van der Waals surface area contributed by atoms with Crippen LogP contribution in [0.2, 0.25) is 5.02 Å². The molecule has 1 saturated heterocycles. The number of nitrogens with zero attached hydrogens (tertiary/aromatic N) is 5. The maximum absolute atomic E-state index is 5.99. The minimum Gasteiger partial charge on any atom is -0.366 e. The van der Waals surface area contributed by atoms with Crippen LogP contribution in [0.5, 0.6) is 0 Å². The van der Waals surface area contributed by atoms with Crippen molar-refractivity contribution in [3.8, 4) is 11.3 Å². The van der Waals surface area contributed by atoms with Crippen LogP contribution in [0.1, 0.15) is 0 Å². The van der Waals surface area contributed by atoms with Crippen molar-refractivity contribution in [2.75, 3.05) is 38.1 Å². The number of nitrogens with one attached hydrogen (secondary N) is 1. The second kappa shape index (κ2) is 7.30. The monoisotopic (exact) mass is 404 g/mol. The molecule has 1 fully saturated rings. The van der Waals surface area contributed by atoms with E-state index < -0.39 is 0 Å². The topological polar surface area (TPSA) is 57.2 Å². The van der Waals surface area contributed by atoms with Crippen molar-refractivity contribution in [2.45, 2.75) is 0 Å². The van der Waals surface area contributed by atoms with Crippen molar-refractivity contribution < 1.29 is 0 Å². The van der Waals surface area contributed by atoms with Crippen molar-refractivity contribution in [1.82, 2.24) is 24.6 Å². The van der Waals surface area contributed by atoms with Crippen LogP contribution in [0, 0.1) is 0 Å². The van der Waals surface area contributed by atoms with Crippen molar-refractivity contribution in [2.24, 2.45) is 0 Å². The van der Waals surface area contributed by atoms with Crippen LogP contribution in [0.4, 0.5) is 5.82 Å². The lowest BCUT2D eigenvalue weighted by atomic mass is 10.1. The smallest absolute Gasteiger partial charge is 0.168 e. The van der Waals surface area contributed by atoms with Crippen molar-refractivity contribution in [3.63, 3.8) is 0 Å². The maximum Gasteiger partial charge on any atom is 0.168 e. The molecule has 0 amide bonds. The van der Waals surface area contributed by atoms with Crippen LogP contribution in [-0.2, 0) is 0 Å². The molecule has 0 aliphatic carbocycles. The van der Waals surface area contributed by atoms with E-state index in [1.54, 1.807) is 6.33 Å². The van der Waals surface area contributed by atoms with E-state index >= 15 is 0 Å². The van der Waals surface area contributed by atoms with Gasteiger partial charge in [0.15, 0.2) is 10.9 Å². The average molecular weight is 405 g/mol. The highest BCUT2D eigenvalue weighted by molar-refractivity contribution is 7.80. The summed E-state index contributed by atoms with van der Waals surface area (Å²) in [4.78, 5) is 13.5. The van der Waals surface area contributed by atoms with Gasteiger partial charge in [-0.3, -0.25) is 0 Å². The zero-order valence-corrected chi connectivity index (χ0v) is 16.5. The standard InChI is InChI=1S/C17H17ClN6S2/c1-19-17(25)24-8-6-23(7-9-24)16-15-14(20-10-21-16)13(22-26-15)11-2-4-12(18)5-3-11/h2-5,10H,6-9H2,1H3,(H,19,25). The molecule has 0 radical (unpaired) electrons. The minimum absolute atomic E-state index is 0.709. The van der Waals surface area contributed by atoms with Crippen LogP contribution in [0.15, 0.2) is 30.6 Å². The van der Waals surface area contributed by atoms with Gasteiger partial charge in [-0.15, -0.1) is 0 Å². The molecule has 0 bridgehead atoms. The zero-order valence-electron chi connectivity index (χ0n) is 14.1. The second-order valence-corrected chi connectivity index (χ2v) is 7.54. The summed E-state index contributed by atoms with van der Waals surface area (Å²) < 4.78 is 5.65. The third kappa shape index (κ3) is 3.20. The van der Waals surface area contributed by atoms with Crippen LogP contribution in [-0.4, -0.2) is 57.6 Å². The quantitative estimate of drug-likeness (QED) is 0.659. The Balaban J connectivity index is 1.64. The van der Waals surface area contributed by atoms with E-state index in [1.165, 1.54) is 11.5 Å². The largest absolute Gasteiger partial charge is 0.366 e. The Kier molecular flexibility index (Phi) is 4.88. The Morgan fingerprint density at radius 2 is 1.88 bits per heavy atom. The number of thiocarbonyl (C=S) groups is 1. The number of anilines is 1. The Labute approximate surface area is 166 Å². The molecule has 9 heteroatoms. The van der Waals surface area contributed by atoms with Gasteiger partial charge in [0.25, 0.3) is 0 Å². The molecule has 26 heavy (non-hydrogen) atoms. The van der Waals surface area contributed by atoms with Gasteiger partial charge < -0.3 is 15.1 Å². The van der Waals surface area contributed by atoms with Gasteiger partial charge in [0.1, 0.15) is 22.2 Å². The minimum atomic E-state index is 0.709. The maximum atomic E-state index is 5.99. The Bertz CT molecular complexity index is 934. The summed E-state index contributed by atoms with van der Waals surface area (Å²) in [5, 5.41) is 4.54. The summed E-state index contributed by atoms with van der Waals surface area (Å²) >= 11 is 12.8. The van der Waals surface area contributed by atoms with E-state index in [0.29, 0.717) is 5.02 Å². The Morgan fingerprint density at radius 3 is 2.58 bits per heavy atom. The number of fused-ring (bicyclic) bond motifs is 1. The molecule has 1 aliphatic rings. The molecule has 0 unspecified atom stereocenters. The van der Waals surface area contributed by atoms with E-state index in [-0.39, 0.29) is 0 Å². The lowest BCUT2D eigenvalue weighted by Gasteiger charge is -2.36. The summed E-state index contributed by atoms with van der Waals surface area (Å²) in [7, 11) is 1.86. The highest BCUT2D eigenvalue weighted by atomic mass is 35.5. The Morgan fingerprint density at radius 1 is 1.15 bits per heavy atom. The van der Waals surface area contributed by atoms with Crippen LogP contribution in [0.3, 0.4) is 0 Å². The molecule has 3 heterocycles. The fourth-order valence-electron chi connectivity index (χ4n) is 3.05. The Hall–Kier alpha value is -2.03. The van der Waals surface area contributed by atoms with E-state index in [2.05, 4.69) is 29.5 Å². The van der Waals surface area contributed by atoms with Gasteiger partial charge in [0.2, 0.25) is 0 Å². The highest BCUT2D eigenvalue weighted by Gasteiger charge is 2.23. The highest BCUT2D eigenvalue weighted by Crippen LogP contribution is 2.34. The first-order chi connectivity index (χ1) is 12.7. The molecule has 1 aliphatic heterocycles. The van der Waals surface area contributed by atoms with E-state index in [0.717, 1.165) is 58.6 Å². The molecule has 3 aromatic rings. The SMILES string of the molecule is CNC(=S)N1CCN(c2ncnc3c(-c4ccc(Cl)cc4)nsc23)CC1. The van der Waals surface area contributed by atoms with Gasteiger partial charge in [0, 0.05) is 43.8 Å². The number of benzene rings is 1. The molecule has 0 atom stereocenters. The zero-order chi connectivity index (χ0) is 18.1. The second-order valence-electron chi connectivity index (χ2n) is 5.94. The number of halogens is 1. The van der Waals surface area contributed by atoms with Crippen molar-refractivity contribution in [3.05, 3.63) is 35.6 Å². The van der Waals surface area contributed by atoms with Crippen molar-refractivity contribution in [1.29, 1.82) is 0 Å². The molecule has 134 valence electrons. The summed E-state index contributed by atoms with van der Waals surface area (Å²) in [5.41, 5.74) is 2.77. The number of aromatic nitrogens is 3. The van der Waals surface area contributed by atoms with E-state index in [1.807, 2.05) is 31.3 Å². The average Bonchev–Trinajstić information content (AvgIpc) is 3.12. The number of rotatable bonds is 2. The van der Waals surface area contributed by atoms with Gasteiger partial charge in [-0.2, -0.15) is 4.37 Å². The number of piperazine rings is 1. The molecule has 6 nitrogen and oxygen atoms in total. The van der Waals surface area contributed by atoms with Crippen molar-refractivity contribution >= 4 is 56.5 Å². The summed E-state index contributed by atoms with van der Waals surface area (Å²) in [5.74, 6) is 0.947. The molecule has 2 aromatic heterocycles. The predicted molar refractivity (Wildman–Crippen MR) is 111 cm³/mol. The molecule has 1 aromatic carbocycles. The van der Waals surface area contributed by atoms with Gasteiger partial charge in [-0.1, -0.05) is 23.7 Å². The predicted octanol–water partition coefficient (Wildman–Crippen LogP) is 3.03. The lowest BCUT2D eigenvalue weighted by Crippen LogP contribution is -2.51. The third-order valence-electron chi connectivity index (χ3n) is 4.44. The fourth-order valence-corrected chi connectivity index (χ4v) is 4.24. The summed E-state index contributed by atoms with van der Waals surface area (Å²) in [6, 6.07) is 7.67. The number of hydrogen-bond acceptors (Lipinski definition) is 6. The summed E-state index contributed by atoms with van der Waals surface area (Å²) in [6.07, 6.45) is 1.62. The fraction of sp³-hybridized carbons (Fsp3) is 0.294. The molecule has 1 N–H and O–H groups in total.